The van der Waals surface area contributed by atoms with Crippen LogP contribution in [0.1, 0.15) is 58.7 Å². The van der Waals surface area contributed by atoms with E-state index in [2.05, 4.69) is 29.4 Å². The second-order valence-corrected chi connectivity index (χ2v) is 6.23. The average molecular weight is 266 g/mol. The van der Waals surface area contributed by atoms with Crippen molar-refractivity contribution in [2.75, 3.05) is 0 Å². The minimum absolute atomic E-state index is 0.233. The maximum Gasteiger partial charge on any atom is 0.311 e. The maximum atomic E-state index is 11.6. The van der Waals surface area contributed by atoms with Gasteiger partial charge in [-0.1, -0.05) is 27.7 Å². The first kappa shape index (κ1) is 14.0. The molecule has 1 atom stereocenters. The number of nitrogens with zero attached hydrogens (tertiary/aromatic N) is 4. The van der Waals surface area contributed by atoms with Crippen LogP contribution in [0.2, 0.25) is 0 Å². The lowest BCUT2D eigenvalue weighted by atomic mass is 9.82. The number of carboxylic acid groups (broad SMARTS) is 1. The van der Waals surface area contributed by atoms with Crippen molar-refractivity contribution in [3.63, 3.8) is 0 Å². The summed E-state index contributed by atoms with van der Waals surface area (Å²) in [7, 11) is 0. The number of aliphatic carboxylic acids is 1. The van der Waals surface area contributed by atoms with Gasteiger partial charge in [0, 0.05) is 5.92 Å². The van der Waals surface area contributed by atoms with Crippen molar-refractivity contribution in [1.29, 1.82) is 0 Å². The van der Waals surface area contributed by atoms with E-state index in [1.807, 2.05) is 13.8 Å². The maximum absolute atomic E-state index is 11.6. The number of carboxylic acids is 1. The lowest BCUT2D eigenvalue weighted by Gasteiger charge is -2.26. The molecule has 0 spiro atoms. The Labute approximate surface area is 113 Å². The average Bonchev–Trinajstić information content (AvgIpc) is 2.78. The van der Waals surface area contributed by atoms with Crippen LogP contribution in [0, 0.1) is 10.8 Å². The van der Waals surface area contributed by atoms with Gasteiger partial charge in [0.25, 0.3) is 0 Å². The van der Waals surface area contributed by atoms with Gasteiger partial charge in [-0.25, -0.2) is 4.68 Å². The molecule has 1 unspecified atom stereocenters. The minimum Gasteiger partial charge on any atom is -0.481 e. The summed E-state index contributed by atoms with van der Waals surface area (Å²) in [5.74, 6) is 0.411. The second kappa shape index (κ2) is 4.58. The first-order chi connectivity index (χ1) is 8.86. The van der Waals surface area contributed by atoms with Crippen molar-refractivity contribution < 1.29 is 9.90 Å². The molecule has 1 aromatic heterocycles. The van der Waals surface area contributed by atoms with Gasteiger partial charge in [-0.15, -0.1) is 5.10 Å². The van der Waals surface area contributed by atoms with Crippen molar-refractivity contribution in [2.45, 2.75) is 59.4 Å². The molecule has 0 saturated heterocycles. The standard InChI is InChI=1S/C13H22N4O2/c1-5-13(6-2,11(18)19)8-17-10(14-15-16-17)9-7-12(9,3)4/h9H,5-8H2,1-4H3,(H,18,19). The zero-order valence-electron chi connectivity index (χ0n) is 12.1. The fourth-order valence-electron chi connectivity index (χ4n) is 2.61. The summed E-state index contributed by atoms with van der Waals surface area (Å²) in [4.78, 5) is 11.6. The van der Waals surface area contributed by atoms with E-state index >= 15 is 0 Å². The molecule has 0 amide bonds. The van der Waals surface area contributed by atoms with Crippen molar-refractivity contribution in [2.24, 2.45) is 10.8 Å². The zero-order valence-corrected chi connectivity index (χ0v) is 12.1. The van der Waals surface area contributed by atoms with E-state index < -0.39 is 11.4 Å². The fourth-order valence-corrected chi connectivity index (χ4v) is 2.61. The Balaban J connectivity index is 2.24. The molecular weight excluding hydrogens is 244 g/mol. The van der Waals surface area contributed by atoms with Gasteiger partial charge in [-0.2, -0.15) is 0 Å². The molecule has 6 heteroatoms. The molecule has 0 aliphatic heterocycles. The predicted octanol–water partition coefficient (Wildman–Crippen LogP) is 2.08. The second-order valence-electron chi connectivity index (χ2n) is 6.23. The number of aromatic nitrogens is 4. The van der Waals surface area contributed by atoms with Gasteiger partial charge in [0.05, 0.1) is 12.0 Å². The van der Waals surface area contributed by atoms with Crippen LogP contribution < -0.4 is 0 Å². The zero-order chi connectivity index (χ0) is 14.3. The molecule has 1 aliphatic carbocycles. The lowest BCUT2D eigenvalue weighted by Crippen LogP contribution is -2.35. The Morgan fingerprint density at radius 3 is 2.47 bits per heavy atom. The van der Waals surface area contributed by atoms with E-state index in [9.17, 15) is 9.90 Å². The highest BCUT2D eigenvalue weighted by molar-refractivity contribution is 5.74. The van der Waals surface area contributed by atoms with Crippen LogP contribution >= 0.6 is 0 Å². The van der Waals surface area contributed by atoms with Crippen LogP contribution in [0.15, 0.2) is 0 Å². The Kier molecular flexibility index (Phi) is 3.36. The van der Waals surface area contributed by atoms with Gasteiger partial charge in [-0.3, -0.25) is 4.79 Å². The summed E-state index contributed by atoms with van der Waals surface area (Å²) < 4.78 is 1.69. The van der Waals surface area contributed by atoms with Gasteiger partial charge >= 0.3 is 5.97 Å². The number of hydrogen-bond donors (Lipinski definition) is 1. The summed E-state index contributed by atoms with van der Waals surface area (Å²) >= 11 is 0. The van der Waals surface area contributed by atoms with Gasteiger partial charge in [-0.05, 0) is 35.1 Å². The molecule has 19 heavy (non-hydrogen) atoms. The normalized spacial score (nSPS) is 21.4. The summed E-state index contributed by atoms with van der Waals surface area (Å²) in [5, 5.41) is 21.3. The summed E-state index contributed by atoms with van der Waals surface area (Å²) in [6, 6.07) is 0. The van der Waals surface area contributed by atoms with Crippen LogP contribution in [-0.4, -0.2) is 31.3 Å². The molecule has 1 N–H and O–H groups in total. The third kappa shape index (κ3) is 2.35. The van der Waals surface area contributed by atoms with E-state index in [1.165, 1.54) is 0 Å². The molecule has 106 valence electrons. The number of rotatable bonds is 6. The number of tetrazole rings is 1. The van der Waals surface area contributed by atoms with Gasteiger partial charge in [0.15, 0.2) is 5.82 Å². The quantitative estimate of drug-likeness (QED) is 0.852. The smallest absolute Gasteiger partial charge is 0.311 e. The summed E-state index contributed by atoms with van der Waals surface area (Å²) in [5.41, 5.74) is -0.542. The van der Waals surface area contributed by atoms with E-state index in [0.717, 1.165) is 12.2 Å². The van der Waals surface area contributed by atoms with Crippen LogP contribution in [0.3, 0.4) is 0 Å². The van der Waals surface area contributed by atoms with Crippen molar-refractivity contribution in [1.82, 2.24) is 20.2 Å². The van der Waals surface area contributed by atoms with Gasteiger partial charge < -0.3 is 5.11 Å². The van der Waals surface area contributed by atoms with E-state index in [4.69, 9.17) is 0 Å². The Bertz CT molecular complexity index is 477. The monoisotopic (exact) mass is 266 g/mol. The molecule has 1 saturated carbocycles. The number of hydrogen-bond acceptors (Lipinski definition) is 4. The van der Waals surface area contributed by atoms with Crippen LogP contribution in [-0.2, 0) is 11.3 Å². The third-order valence-electron chi connectivity index (χ3n) is 4.64. The molecule has 1 heterocycles. The van der Waals surface area contributed by atoms with Crippen LogP contribution in [0.4, 0.5) is 0 Å². The summed E-state index contributed by atoms with van der Waals surface area (Å²) in [6.07, 6.45) is 2.21. The largest absolute Gasteiger partial charge is 0.481 e. The molecule has 6 nitrogen and oxygen atoms in total. The molecule has 1 aliphatic rings. The van der Waals surface area contributed by atoms with Crippen LogP contribution in [0.25, 0.3) is 0 Å². The molecule has 0 radical (unpaired) electrons. The molecule has 2 rings (SSSR count). The van der Waals surface area contributed by atoms with Crippen molar-refractivity contribution >= 4 is 5.97 Å². The summed E-state index contributed by atoms with van der Waals surface area (Å²) in [6.45, 7) is 8.53. The fraction of sp³-hybridized carbons (Fsp3) is 0.846. The number of carbonyl (C=O) groups is 1. The topological polar surface area (TPSA) is 80.9 Å². The minimum atomic E-state index is -0.775. The SMILES string of the molecule is CCC(CC)(Cn1nnnc1C1CC1(C)C)C(=O)O. The molecular formula is C13H22N4O2. The van der Waals surface area contributed by atoms with Crippen molar-refractivity contribution in [3.05, 3.63) is 5.82 Å². The lowest BCUT2D eigenvalue weighted by molar-refractivity contribution is -0.150. The van der Waals surface area contributed by atoms with Crippen LogP contribution in [0.5, 0.6) is 0 Å². The highest BCUT2D eigenvalue weighted by Crippen LogP contribution is 2.57. The molecule has 0 bridgehead atoms. The Morgan fingerprint density at radius 1 is 1.47 bits per heavy atom. The van der Waals surface area contributed by atoms with E-state index in [-0.39, 0.29) is 5.41 Å². The molecule has 0 aromatic carbocycles. The molecule has 1 fully saturated rings. The highest BCUT2D eigenvalue weighted by atomic mass is 16.4. The first-order valence-corrected chi connectivity index (χ1v) is 6.86. The third-order valence-corrected chi connectivity index (χ3v) is 4.64. The predicted molar refractivity (Wildman–Crippen MR) is 69.6 cm³/mol. The van der Waals surface area contributed by atoms with E-state index in [1.54, 1.807) is 4.68 Å². The Hall–Kier alpha value is -1.46. The van der Waals surface area contributed by atoms with Gasteiger partial charge in [0.2, 0.25) is 0 Å². The van der Waals surface area contributed by atoms with Gasteiger partial charge in [0.1, 0.15) is 0 Å². The van der Waals surface area contributed by atoms with E-state index in [0.29, 0.717) is 25.3 Å². The highest BCUT2D eigenvalue weighted by Gasteiger charge is 2.50. The Morgan fingerprint density at radius 2 is 2.05 bits per heavy atom. The first-order valence-electron chi connectivity index (χ1n) is 6.86. The molecule has 1 aromatic rings. The van der Waals surface area contributed by atoms with Crippen molar-refractivity contribution in [3.8, 4) is 0 Å².